The molecule has 0 atom stereocenters. The second-order valence-electron chi connectivity index (χ2n) is 2.48. The summed E-state index contributed by atoms with van der Waals surface area (Å²) in [7, 11) is 0. The lowest BCUT2D eigenvalue weighted by molar-refractivity contribution is 0.881. The molecule has 2 rings (SSSR count). The Balaban J connectivity index is 2.02. The Morgan fingerprint density at radius 2 is 2.43 bits per heavy atom. The van der Waals surface area contributed by atoms with Gasteiger partial charge in [-0.15, -0.1) is 10.2 Å². The maximum atomic E-state index is 10.9. The summed E-state index contributed by atoms with van der Waals surface area (Å²) in [6.45, 7) is 0.368. The van der Waals surface area contributed by atoms with Crippen LogP contribution in [-0.2, 0) is 6.54 Å². The van der Waals surface area contributed by atoms with E-state index in [1.165, 1.54) is 12.4 Å². The zero-order valence-corrected chi connectivity index (χ0v) is 7.06. The lowest BCUT2D eigenvalue weighted by atomic mass is 10.5. The molecule has 0 bridgehead atoms. The summed E-state index contributed by atoms with van der Waals surface area (Å²) in [5, 5.41) is 16.0. The number of aromatic amines is 2. The molecule has 0 aliphatic rings. The minimum Gasteiger partial charge on any atom is -0.362 e. The van der Waals surface area contributed by atoms with Gasteiger partial charge in [-0.2, -0.15) is 5.21 Å². The molecule has 8 heteroatoms. The highest BCUT2D eigenvalue weighted by Gasteiger charge is 1.98. The van der Waals surface area contributed by atoms with Crippen LogP contribution < -0.4 is 10.9 Å². The van der Waals surface area contributed by atoms with Crippen molar-refractivity contribution in [1.29, 1.82) is 0 Å². The van der Waals surface area contributed by atoms with Crippen LogP contribution in [0.25, 0.3) is 0 Å². The SMILES string of the molecule is O=c1cc(NCc2nn[nH]n2)nc[nH]1. The summed E-state index contributed by atoms with van der Waals surface area (Å²) in [6, 6.07) is 1.35. The largest absolute Gasteiger partial charge is 0.362 e. The summed E-state index contributed by atoms with van der Waals surface area (Å²) in [4.78, 5) is 17.2. The molecule has 2 aromatic heterocycles. The van der Waals surface area contributed by atoms with Crippen LogP contribution in [0, 0.1) is 0 Å². The predicted octanol–water partition coefficient (Wildman–Crippen LogP) is -1.10. The minimum atomic E-state index is -0.212. The molecule has 0 saturated carbocycles. The highest BCUT2D eigenvalue weighted by atomic mass is 16.1. The molecular weight excluding hydrogens is 186 g/mol. The van der Waals surface area contributed by atoms with E-state index in [0.717, 1.165) is 0 Å². The fourth-order valence-electron chi connectivity index (χ4n) is 0.892. The second-order valence-corrected chi connectivity index (χ2v) is 2.48. The molecule has 0 aliphatic heterocycles. The highest BCUT2D eigenvalue weighted by Crippen LogP contribution is 1.96. The molecule has 2 heterocycles. The van der Waals surface area contributed by atoms with Crippen molar-refractivity contribution in [3.05, 3.63) is 28.6 Å². The van der Waals surface area contributed by atoms with E-state index in [1.807, 2.05) is 0 Å². The van der Waals surface area contributed by atoms with E-state index >= 15 is 0 Å². The molecule has 0 spiro atoms. The van der Waals surface area contributed by atoms with Gasteiger partial charge in [-0.3, -0.25) is 4.79 Å². The molecule has 0 aromatic carbocycles. The smallest absolute Gasteiger partial charge is 0.252 e. The number of hydrogen-bond donors (Lipinski definition) is 3. The van der Waals surface area contributed by atoms with Gasteiger partial charge in [-0.05, 0) is 0 Å². The van der Waals surface area contributed by atoms with Crippen LogP contribution in [0.4, 0.5) is 5.82 Å². The van der Waals surface area contributed by atoms with Gasteiger partial charge in [0.25, 0.3) is 5.56 Å². The molecule has 0 fully saturated rings. The average Bonchev–Trinajstić information content (AvgIpc) is 2.67. The Hall–Kier alpha value is -2.25. The van der Waals surface area contributed by atoms with Crippen molar-refractivity contribution >= 4 is 5.82 Å². The Kier molecular flexibility index (Phi) is 2.17. The van der Waals surface area contributed by atoms with Gasteiger partial charge in [0.15, 0.2) is 5.82 Å². The molecule has 0 aliphatic carbocycles. The normalized spacial score (nSPS) is 10.0. The summed E-state index contributed by atoms with van der Waals surface area (Å²) in [6.07, 6.45) is 1.32. The van der Waals surface area contributed by atoms with Crippen LogP contribution in [-0.4, -0.2) is 30.6 Å². The van der Waals surface area contributed by atoms with Crippen LogP contribution in [0.5, 0.6) is 0 Å². The predicted molar refractivity (Wildman–Crippen MR) is 46.4 cm³/mol. The molecule has 3 N–H and O–H groups in total. The molecule has 2 aromatic rings. The van der Waals surface area contributed by atoms with Crippen LogP contribution in [0.1, 0.15) is 5.82 Å². The van der Waals surface area contributed by atoms with Gasteiger partial charge in [-0.25, -0.2) is 4.98 Å². The van der Waals surface area contributed by atoms with Crippen molar-refractivity contribution in [1.82, 2.24) is 30.6 Å². The van der Waals surface area contributed by atoms with Gasteiger partial charge in [-0.1, -0.05) is 5.21 Å². The van der Waals surface area contributed by atoms with E-state index in [1.54, 1.807) is 0 Å². The molecule has 8 nitrogen and oxygen atoms in total. The average molecular weight is 193 g/mol. The maximum Gasteiger partial charge on any atom is 0.252 e. The van der Waals surface area contributed by atoms with E-state index in [-0.39, 0.29) is 5.56 Å². The second kappa shape index (κ2) is 3.64. The van der Waals surface area contributed by atoms with E-state index in [9.17, 15) is 4.79 Å². The van der Waals surface area contributed by atoms with Gasteiger partial charge in [0.2, 0.25) is 0 Å². The molecule has 14 heavy (non-hydrogen) atoms. The van der Waals surface area contributed by atoms with E-state index in [4.69, 9.17) is 0 Å². The topological polar surface area (TPSA) is 112 Å². The zero-order chi connectivity index (χ0) is 9.80. The third kappa shape index (κ3) is 1.91. The Labute approximate surface area is 77.8 Å². The van der Waals surface area contributed by atoms with Crippen LogP contribution in [0.3, 0.4) is 0 Å². The minimum absolute atomic E-state index is 0.212. The fraction of sp³-hybridized carbons (Fsp3) is 0.167. The number of rotatable bonds is 3. The van der Waals surface area contributed by atoms with Gasteiger partial charge in [0.05, 0.1) is 12.9 Å². The third-order valence-electron chi connectivity index (χ3n) is 1.50. The summed E-state index contributed by atoms with van der Waals surface area (Å²) < 4.78 is 0. The van der Waals surface area contributed by atoms with E-state index in [2.05, 4.69) is 35.9 Å². The van der Waals surface area contributed by atoms with Gasteiger partial charge in [0.1, 0.15) is 5.82 Å². The quantitative estimate of drug-likeness (QED) is 0.570. The number of hydrogen-bond acceptors (Lipinski definition) is 6. The fourth-order valence-corrected chi connectivity index (χ4v) is 0.892. The Morgan fingerprint density at radius 3 is 3.14 bits per heavy atom. The molecular formula is C6H7N7O. The zero-order valence-electron chi connectivity index (χ0n) is 7.06. The van der Waals surface area contributed by atoms with Crippen LogP contribution in [0.15, 0.2) is 17.2 Å². The summed E-state index contributed by atoms with van der Waals surface area (Å²) >= 11 is 0. The van der Waals surface area contributed by atoms with Gasteiger partial charge in [0, 0.05) is 6.07 Å². The number of aromatic nitrogens is 6. The van der Waals surface area contributed by atoms with Crippen LogP contribution >= 0.6 is 0 Å². The first-order valence-corrected chi connectivity index (χ1v) is 3.85. The van der Waals surface area contributed by atoms with Crippen molar-refractivity contribution < 1.29 is 0 Å². The first kappa shape index (κ1) is 8.35. The molecule has 0 saturated heterocycles. The number of nitrogens with one attached hydrogen (secondary N) is 3. The third-order valence-corrected chi connectivity index (χ3v) is 1.50. The number of tetrazole rings is 1. The lowest BCUT2D eigenvalue weighted by Crippen LogP contribution is -2.09. The standard InChI is InChI=1S/C6H7N7O/c14-6-1-4(8-3-9-6)7-2-5-10-12-13-11-5/h1,3H,2H2,(H2,7,8,9,14)(H,10,11,12,13). The van der Waals surface area contributed by atoms with Crippen molar-refractivity contribution in [2.24, 2.45) is 0 Å². The Morgan fingerprint density at radius 1 is 1.50 bits per heavy atom. The lowest BCUT2D eigenvalue weighted by Gasteiger charge is -1.99. The first-order chi connectivity index (χ1) is 6.84. The van der Waals surface area contributed by atoms with E-state index < -0.39 is 0 Å². The monoisotopic (exact) mass is 193 g/mol. The van der Waals surface area contributed by atoms with Gasteiger partial charge < -0.3 is 10.3 Å². The summed E-state index contributed by atoms with van der Waals surface area (Å²) in [5.74, 6) is 0.977. The Bertz CT molecular complexity index is 447. The number of nitrogens with zero attached hydrogens (tertiary/aromatic N) is 4. The number of anilines is 1. The molecule has 0 amide bonds. The molecule has 72 valence electrons. The van der Waals surface area contributed by atoms with Crippen molar-refractivity contribution in [3.63, 3.8) is 0 Å². The van der Waals surface area contributed by atoms with Crippen molar-refractivity contribution in [2.45, 2.75) is 6.54 Å². The maximum absolute atomic E-state index is 10.9. The highest BCUT2D eigenvalue weighted by molar-refractivity contribution is 5.31. The van der Waals surface area contributed by atoms with Crippen molar-refractivity contribution in [3.8, 4) is 0 Å². The first-order valence-electron chi connectivity index (χ1n) is 3.85. The molecule has 0 unspecified atom stereocenters. The number of H-pyrrole nitrogens is 2. The van der Waals surface area contributed by atoms with E-state index in [0.29, 0.717) is 18.2 Å². The van der Waals surface area contributed by atoms with Crippen molar-refractivity contribution in [2.75, 3.05) is 5.32 Å². The van der Waals surface area contributed by atoms with Crippen LogP contribution in [0.2, 0.25) is 0 Å². The molecule has 0 radical (unpaired) electrons. The summed E-state index contributed by atoms with van der Waals surface area (Å²) in [5.41, 5.74) is -0.212. The van der Waals surface area contributed by atoms with Gasteiger partial charge >= 0.3 is 0 Å².